The first kappa shape index (κ1) is 9.45. The van der Waals surface area contributed by atoms with E-state index in [1.807, 2.05) is 19.1 Å². The molecule has 0 saturated carbocycles. The van der Waals surface area contributed by atoms with Crippen molar-refractivity contribution in [2.75, 3.05) is 5.73 Å². The zero-order valence-electron chi connectivity index (χ0n) is 8.34. The van der Waals surface area contributed by atoms with Crippen LogP contribution in [0.5, 0.6) is 11.8 Å². The molecule has 1 aromatic heterocycles. The lowest BCUT2D eigenvalue weighted by Gasteiger charge is -2.06. The number of ether oxygens (including phenoxy) is 1. The van der Waals surface area contributed by atoms with Crippen molar-refractivity contribution >= 4 is 5.69 Å². The highest BCUT2D eigenvalue weighted by molar-refractivity contribution is 5.48. The Morgan fingerprint density at radius 3 is 2.73 bits per heavy atom. The number of hydrogen-bond donors (Lipinski definition) is 1. The van der Waals surface area contributed by atoms with Crippen molar-refractivity contribution in [2.45, 2.75) is 6.92 Å². The number of aryl methyl sites for hydroxylation is 1. The van der Waals surface area contributed by atoms with Gasteiger partial charge in [-0.15, -0.1) is 0 Å². The van der Waals surface area contributed by atoms with Crippen molar-refractivity contribution < 1.29 is 6.16 Å². The summed E-state index contributed by atoms with van der Waals surface area (Å²) in [6.07, 6.45) is 3.26. The topological polar surface area (TPSA) is 61.0 Å². The maximum absolute atomic E-state index is 5.66. The zero-order chi connectivity index (χ0) is 10.7. The van der Waals surface area contributed by atoms with Crippen molar-refractivity contribution in [1.29, 1.82) is 0 Å². The lowest BCUT2D eigenvalue weighted by atomic mass is 10.2. The molecule has 78 valence electrons. The van der Waals surface area contributed by atoms with Gasteiger partial charge >= 0.3 is 6.01 Å². The van der Waals surface area contributed by atoms with Crippen LogP contribution < -0.4 is 10.5 Å². The fourth-order valence-electron chi connectivity index (χ4n) is 1.16. The Morgan fingerprint density at radius 1 is 1.27 bits per heavy atom. The van der Waals surface area contributed by atoms with E-state index in [2.05, 4.69) is 9.97 Å². The molecule has 0 saturated heterocycles. The summed E-state index contributed by atoms with van der Waals surface area (Å²) in [5, 5.41) is 0. The van der Waals surface area contributed by atoms with Crippen molar-refractivity contribution in [3.05, 3.63) is 42.2 Å². The fraction of sp³-hybridized carbons (Fsp3) is 0.0909. The summed E-state index contributed by atoms with van der Waals surface area (Å²) in [6.45, 7) is 1.94. The summed E-state index contributed by atoms with van der Waals surface area (Å²) >= 11 is 0. The van der Waals surface area contributed by atoms with E-state index in [1.165, 1.54) is 0 Å². The van der Waals surface area contributed by atoms with Gasteiger partial charge < -0.3 is 10.5 Å². The summed E-state index contributed by atoms with van der Waals surface area (Å²) in [7, 11) is 0. The molecule has 4 heteroatoms. The van der Waals surface area contributed by atoms with E-state index in [0.717, 1.165) is 5.56 Å². The number of nitrogens with two attached hydrogens (primary N) is 1. The number of aromatic nitrogens is 2. The van der Waals surface area contributed by atoms with E-state index in [9.17, 15) is 0 Å². The van der Waals surface area contributed by atoms with E-state index in [0.29, 0.717) is 17.4 Å². The van der Waals surface area contributed by atoms with Gasteiger partial charge in [0, 0.05) is 25.6 Å². The second-order valence-corrected chi connectivity index (χ2v) is 3.16. The second kappa shape index (κ2) is 3.96. The maximum atomic E-state index is 5.66. The first-order valence-electron chi connectivity index (χ1n) is 4.57. The van der Waals surface area contributed by atoms with Crippen LogP contribution in [0.15, 0.2) is 36.7 Å². The zero-order valence-corrected chi connectivity index (χ0v) is 8.34. The van der Waals surface area contributed by atoms with Crippen LogP contribution in [0.3, 0.4) is 0 Å². The number of nitrogen functional groups attached to an aromatic ring is 1. The van der Waals surface area contributed by atoms with Crippen molar-refractivity contribution in [2.24, 2.45) is 0 Å². The molecule has 0 unspecified atom stereocenters. The third-order valence-corrected chi connectivity index (χ3v) is 1.96. The quantitative estimate of drug-likeness (QED) is 0.761. The van der Waals surface area contributed by atoms with Gasteiger partial charge in [0.2, 0.25) is 0 Å². The molecular weight excluding hydrogens is 190 g/mol. The van der Waals surface area contributed by atoms with Gasteiger partial charge in [-0.3, -0.25) is 0 Å². The van der Waals surface area contributed by atoms with E-state index >= 15 is 0 Å². The minimum absolute atomic E-state index is 0. The molecule has 0 radical (unpaired) electrons. The largest absolute Gasteiger partial charge is 0.424 e. The molecule has 15 heavy (non-hydrogen) atoms. The minimum Gasteiger partial charge on any atom is -0.424 e. The van der Waals surface area contributed by atoms with Gasteiger partial charge in [0.1, 0.15) is 5.75 Å². The van der Waals surface area contributed by atoms with Crippen LogP contribution in [0.1, 0.15) is 6.99 Å². The van der Waals surface area contributed by atoms with E-state index in [1.54, 1.807) is 24.5 Å². The van der Waals surface area contributed by atoms with Gasteiger partial charge in [-0.2, -0.15) is 0 Å². The normalized spacial score (nSPS) is 9.93. The first-order valence-corrected chi connectivity index (χ1v) is 4.57. The van der Waals surface area contributed by atoms with Crippen LogP contribution >= 0.6 is 0 Å². The van der Waals surface area contributed by atoms with Crippen LogP contribution in [0.4, 0.5) is 5.69 Å². The summed E-state index contributed by atoms with van der Waals surface area (Å²) in [5.74, 6) is 0.682. The summed E-state index contributed by atoms with van der Waals surface area (Å²) in [4.78, 5) is 7.94. The highest BCUT2D eigenvalue weighted by Gasteiger charge is 2.02. The second-order valence-electron chi connectivity index (χ2n) is 3.16. The number of benzene rings is 1. The van der Waals surface area contributed by atoms with Crippen LogP contribution in [0, 0.1) is 6.92 Å². The van der Waals surface area contributed by atoms with Crippen molar-refractivity contribution in [3.8, 4) is 11.8 Å². The molecule has 0 bridgehead atoms. The van der Waals surface area contributed by atoms with E-state index in [-0.39, 0.29) is 1.43 Å². The smallest absolute Gasteiger partial charge is 0.321 e. The van der Waals surface area contributed by atoms with Gasteiger partial charge in [0.15, 0.2) is 0 Å². The van der Waals surface area contributed by atoms with Gasteiger partial charge in [-0.1, -0.05) is 6.07 Å². The summed E-state index contributed by atoms with van der Waals surface area (Å²) in [6, 6.07) is 7.54. The van der Waals surface area contributed by atoms with Crippen molar-refractivity contribution in [1.82, 2.24) is 9.97 Å². The molecule has 0 amide bonds. The fourth-order valence-corrected chi connectivity index (χ4v) is 1.16. The van der Waals surface area contributed by atoms with Crippen LogP contribution in [0.25, 0.3) is 0 Å². The predicted molar refractivity (Wildman–Crippen MR) is 59.8 cm³/mol. The van der Waals surface area contributed by atoms with Crippen molar-refractivity contribution in [3.63, 3.8) is 0 Å². The highest BCUT2D eigenvalue weighted by Crippen LogP contribution is 2.24. The molecule has 2 N–H and O–H groups in total. The predicted octanol–water partition coefficient (Wildman–Crippen LogP) is 2.41. The molecule has 2 aromatic rings. The number of anilines is 1. The Bertz CT molecular complexity index is 462. The molecule has 0 atom stereocenters. The Hall–Kier alpha value is -2.10. The standard InChI is InChI=1S/C11H11N3O.H2/c1-8-3-4-9(12)7-10(8)15-11-13-5-2-6-14-11;/h2-7H,12H2,1H3;1H. The SMILES string of the molecule is Cc1ccc(N)cc1Oc1ncccn1.[HH]. The monoisotopic (exact) mass is 203 g/mol. The average molecular weight is 203 g/mol. The molecule has 0 aliphatic rings. The third-order valence-electron chi connectivity index (χ3n) is 1.96. The third kappa shape index (κ3) is 2.22. The van der Waals surface area contributed by atoms with Crippen LogP contribution in [0.2, 0.25) is 0 Å². The Balaban J connectivity index is 0.00000128. The molecule has 0 aliphatic carbocycles. The van der Waals surface area contributed by atoms with Gasteiger partial charge in [0.25, 0.3) is 0 Å². The minimum atomic E-state index is 0. The molecule has 0 fully saturated rings. The molecule has 0 aliphatic heterocycles. The molecule has 1 aromatic carbocycles. The number of rotatable bonds is 2. The Morgan fingerprint density at radius 2 is 2.00 bits per heavy atom. The summed E-state index contributed by atoms with van der Waals surface area (Å²) < 4.78 is 5.49. The molecular formula is C11H13N3O. The van der Waals surface area contributed by atoms with E-state index in [4.69, 9.17) is 10.5 Å². The van der Waals surface area contributed by atoms with Gasteiger partial charge in [-0.25, -0.2) is 9.97 Å². The lowest BCUT2D eigenvalue weighted by Crippen LogP contribution is -1.94. The molecule has 2 rings (SSSR count). The number of nitrogens with zero attached hydrogens (tertiary/aromatic N) is 2. The van der Waals surface area contributed by atoms with Crippen LogP contribution in [-0.2, 0) is 0 Å². The Kier molecular flexibility index (Phi) is 2.49. The average Bonchev–Trinajstić information content (AvgIpc) is 2.25. The van der Waals surface area contributed by atoms with Gasteiger partial charge in [0.05, 0.1) is 0 Å². The number of hydrogen-bond acceptors (Lipinski definition) is 4. The molecule has 4 nitrogen and oxygen atoms in total. The first-order chi connectivity index (χ1) is 7.25. The summed E-state index contributed by atoms with van der Waals surface area (Å²) in [5.41, 5.74) is 7.32. The lowest BCUT2D eigenvalue weighted by molar-refractivity contribution is 0.439. The van der Waals surface area contributed by atoms with Crippen LogP contribution in [-0.4, -0.2) is 9.97 Å². The Labute approximate surface area is 89.2 Å². The maximum Gasteiger partial charge on any atom is 0.321 e. The molecule has 1 heterocycles. The van der Waals surface area contributed by atoms with E-state index < -0.39 is 0 Å². The van der Waals surface area contributed by atoms with Gasteiger partial charge in [-0.05, 0) is 24.6 Å². The highest BCUT2D eigenvalue weighted by atomic mass is 16.5. The molecule has 0 spiro atoms.